The monoisotopic (exact) mass is 219 g/mol. The quantitative estimate of drug-likeness (QED) is 0.726. The summed E-state index contributed by atoms with van der Waals surface area (Å²) in [6, 6.07) is 7.47. The molecule has 0 amide bonds. The van der Waals surface area contributed by atoms with Gasteiger partial charge < -0.3 is 0 Å². The number of pyridine rings is 1. The third kappa shape index (κ3) is 2.11. The van der Waals surface area contributed by atoms with Gasteiger partial charge in [0.15, 0.2) is 0 Å². The first-order chi connectivity index (χ1) is 7.66. The molecule has 16 heavy (non-hydrogen) atoms. The lowest BCUT2D eigenvalue weighted by Crippen LogP contribution is -2.04. The number of ketones is 1. The maximum Gasteiger partial charge on any atom is 0.211 e. The molecule has 0 N–H and O–H groups in total. The van der Waals surface area contributed by atoms with Crippen molar-refractivity contribution in [2.45, 2.75) is 0 Å². The van der Waals surface area contributed by atoms with E-state index in [1.807, 2.05) is 0 Å². The van der Waals surface area contributed by atoms with Crippen molar-refractivity contribution in [3.8, 4) is 0 Å². The molecule has 2 rings (SSSR count). The number of rotatable bonds is 2. The molecule has 1 aromatic carbocycles. The highest BCUT2D eigenvalue weighted by atomic mass is 19.1. The smallest absolute Gasteiger partial charge is 0.211 e. The number of carbonyl (C=O) groups is 1. The maximum absolute atomic E-state index is 12.9. The summed E-state index contributed by atoms with van der Waals surface area (Å²) in [5.41, 5.74) is 0.115. The predicted octanol–water partition coefficient (Wildman–Crippen LogP) is 2.59. The average Bonchev–Trinajstić information content (AvgIpc) is 2.28. The van der Waals surface area contributed by atoms with Crippen LogP contribution in [0.15, 0.2) is 42.6 Å². The van der Waals surface area contributed by atoms with Crippen molar-refractivity contribution < 1.29 is 13.6 Å². The van der Waals surface area contributed by atoms with Crippen LogP contribution >= 0.6 is 0 Å². The first-order valence-corrected chi connectivity index (χ1v) is 4.58. The molecule has 1 heterocycles. The van der Waals surface area contributed by atoms with E-state index in [2.05, 4.69) is 4.98 Å². The second-order valence-electron chi connectivity index (χ2n) is 3.20. The molecule has 2 nitrogen and oxygen atoms in total. The highest BCUT2D eigenvalue weighted by Crippen LogP contribution is 2.11. The summed E-state index contributed by atoms with van der Waals surface area (Å²) in [5.74, 6) is -2.06. The number of nitrogens with zero attached hydrogens (tertiary/aromatic N) is 1. The van der Waals surface area contributed by atoms with Crippen molar-refractivity contribution in [3.63, 3.8) is 0 Å². The summed E-state index contributed by atoms with van der Waals surface area (Å²) >= 11 is 0. The van der Waals surface area contributed by atoms with Gasteiger partial charge in [0.1, 0.15) is 17.3 Å². The average molecular weight is 219 g/mol. The number of aromatic nitrogens is 1. The zero-order chi connectivity index (χ0) is 11.5. The molecular formula is C12H7F2NO. The van der Waals surface area contributed by atoms with Gasteiger partial charge in [-0.15, -0.1) is 0 Å². The molecule has 0 unspecified atom stereocenters. The van der Waals surface area contributed by atoms with Gasteiger partial charge in [-0.05, 0) is 24.3 Å². The van der Waals surface area contributed by atoms with Crippen LogP contribution in [0.1, 0.15) is 16.1 Å². The van der Waals surface area contributed by atoms with Crippen LogP contribution in [-0.2, 0) is 0 Å². The van der Waals surface area contributed by atoms with E-state index in [4.69, 9.17) is 0 Å². The standard InChI is InChI=1S/C12H7F2NO/c13-9-5-8(6-10(14)7-9)12(16)11-3-1-2-4-15-11/h1-7H. The van der Waals surface area contributed by atoms with Gasteiger partial charge in [0.05, 0.1) is 0 Å². The lowest BCUT2D eigenvalue weighted by atomic mass is 10.1. The highest BCUT2D eigenvalue weighted by molar-refractivity contribution is 6.07. The number of hydrogen-bond donors (Lipinski definition) is 0. The summed E-state index contributed by atoms with van der Waals surface area (Å²) in [6.07, 6.45) is 1.45. The van der Waals surface area contributed by atoms with Crippen LogP contribution in [0.2, 0.25) is 0 Å². The van der Waals surface area contributed by atoms with Crippen molar-refractivity contribution in [1.29, 1.82) is 0 Å². The molecule has 0 fully saturated rings. The number of hydrogen-bond acceptors (Lipinski definition) is 2. The first-order valence-electron chi connectivity index (χ1n) is 4.58. The van der Waals surface area contributed by atoms with Gasteiger partial charge >= 0.3 is 0 Å². The van der Waals surface area contributed by atoms with Crippen LogP contribution in [0, 0.1) is 11.6 Å². The van der Waals surface area contributed by atoms with E-state index in [0.29, 0.717) is 0 Å². The highest BCUT2D eigenvalue weighted by Gasteiger charge is 2.12. The summed E-state index contributed by atoms with van der Waals surface area (Å²) in [5, 5.41) is 0. The summed E-state index contributed by atoms with van der Waals surface area (Å²) in [6.45, 7) is 0. The van der Waals surface area contributed by atoms with Crippen molar-refractivity contribution in [2.75, 3.05) is 0 Å². The van der Waals surface area contributed by atoms with Crippen LogP contribution in [-0.4, -0.2) is 10.8 Å². The molecule has 0 radical (unpaired) electrons. The molecule has 80 valence electrons. The molecule has 0 saturated heterocycles. The predicted molar refractivity (Wildman–Crippen MR) is 54.0 cm³/mol. The van der Waals surface area contributed by atoms with Gasteiger partial charge in [0, 0.05) is 17.8 Å². The summed E-state index contributed by atoms with van der Waals surface area (Å²) < 4.78 is 25.8. The fourth-order valence-electron chi connectivity index (χ4n) is 1.33. The minimum absolute atomic E-state index is 0.0452. The Balaban J connectivity index is 2.42. The van der Waals surface area contributed by atoms with E-state index < -0.39 is 17.4 Å². The Morgan fingerprint density at radius 1 is 1.06 bits per heavy atom. The van der Waals surface area contributed by atoms with Crippen LogP contribution in [0.25, 0.3) is 0 Å². The van der Waals surface area contributed by atoms with Crippen molar-refractivity contribution in [2.24, 2.45) is 0 Å². The number of benzene rings is 1. The van der Waals surface area contributed by atoms with E-state index in [1.165, 1.54) is 12.3 Å². The fraction of sp³-hybridized carbons (Fsp3) is 0. The zero-order valence-corrected chi connectivity index (χ0v) is 8.15. The van der Waals surface area contributed by atoms with Gasteiger partial charge in [-0.3, -0.25) is 9.78 Å². The van der Waals surface area contributed by atoms with E-state index in [1.54, 1.807) is 12.1 Å². The Morgan fingerprint density at radius 2 is 1.75 bits per heavy atom. The molecule has 0 aliphatic carbocycles. The topological polar surface area (TPSA) is 30.0 Å². The van der Waals surface area contributed by atoms with Crippen LogP contribution in [0.3, 0.4) is 0 Å². The summed E-state index contributed by atoms with van der Waals surface area (Å²) in [4.78, 5) is 15.6. The molecule has 0 aliphatic heterocycles. The molecule has 0 saturated carbocycles. The van der Waals surface area contributed by atoms with Crippen LogP contribution in [0.4, 0.5) is 8.78 Å². The number of halogens is 2. The van der Waals surface area contributed by atoms with Crippen LogP contribution < -0.4 is 0 Å². The molecule has 0 bridgehead atoms. The van der Waals surface area contributed by atoms with Gasteiger partial charge in [-0.2, -0.15) is 0 Å². The molecule has 1 aromatic heterocycles. The van der Waals surface area contributed by atoms with Gasteiger partial charge in [-0.1, -0.05) is 6.07 Å². The fourth-order valence-corrected chi connectivity index (χ4v) is 1.33. The maximum atomic E-state index is 12.9. The van der Waals surface area contributed by atoms with Crippen molar-refractivity contribution in [1.82, 2.24) is 4.98 Å². The number of carbonyl (C=O) groups excluding carboxylic acids is 1. The second kappa shape index (κ2) is 4.18. The Hall–Kier alpha value is -2.10. The normalized spacial score (nSPS) is 10.1. The third-order valence-electron chi connectivity index (χ3n) is 2.02. The van der Waals surface area contributed by atoms with Crippen molar-refractivity contribution >= 4 is 5.78 Å². The Bertz CT molecular complexity index is 506. The molecular weight excluding hydrogens is 212 g/mol. The van der Waals surface area contributed by atoms with E-state index >= 15 is 0 Å². The SMILES string of the molecule is O=C(c1cc(F)cc(F)c1)c1ccccn1. The van der Waals surface area contributed by atoms with Gasteiger partial charge in [0.2, 0.25) is 5.78 Å². The van der Waals surface area contributed by atoms with Gasteiger partial charge in [-0.25, -0.2) is 8.78 Å². The molecule has 0 spiro atoms. The Kier molecular flexibility index (Phi) is 2.72. The molecule has 0 aliphatic rings. The van der Waals surface area contributed by atoms with E-state index in [-0.39, 0.29) is 11.3 Å². The summed E-state index contributed by atoms with van der Waals surface area (Å²) in [7, 11) is 0. The minimum Gasteiger partial charge on any atom is -0.287 e. The minimum atomic E-state index is -0.778. The lowest BCUT2D eigenvalue weighted by molar-refractivity contribution is 0.103. The van der Waals surface area contributed by atoms with E-state index in [9.17, 15) is 13.6 Å². The molecule has 4 heteroatoms. The zero-order valence-electron chi connectivity index (χ0n) is 8.15. The van der Waals surface area contributed by atoms with Crippen LogP contribution in [0.5, 0.6) is 0 Å². The van der Waals surface area contributed by atoms with Gasteiger partial charge in [0.25, 0.3) is 0 Å². The lowest BCUT2D eigenvalue weighted by Gasteiger charge is -2.00. The first kappa shape index (κ1) is 10.4. The van der Waals surface area contributed by atoms with E-state index in [0.717, 1.165) is 18.2 Å². The molecule has 2 aromatic rings. The second-order valence-corrected chi connectivity index (χ2v) is 3.20. The van der Waals surface area contributed by atoms with Crippen molar-refractivity contribution in [3.05, 3.63) is 65.5 Å². The largest absolute Gasteiger partial charge is 0.287 e. The third-order valence-corrected chi connectivity index (χ3v) is 2.02. The Labute approximate surface area is 90.6 Å². The Morgan fingerprint density at radius 3 is 2.31 bits per heavy atom. The molecule has 0 atom stereocenters.